The molecule has 22 heavy (non-hydrogen) atoms. The third kappa shape index (κ3) is 3.64. The molecule has 0 spiro atoms. The Bertz CT molecular complexity index is 594. The summed E-state index contributed by atoms with van der Waals surface area (Å²) in [6, 6.07) is 16.0. The van der Waals surface area contributed by atoms with Gasteiger partial charge in [-0.3, -0.25) is 4.98 Å². The second-order valence-corrected chi connectivity index (χ2v) is 5.63. The fourth-order valence-electron chi connectivity index (χ4n) is 2.83. The van der Waals surface area contributed by atoms with E-state index in [-0.39, 0.29) is 12.1 Å². The van der Waals surface area contributed by atoms with Gasteiger partial charge in [0.1, 0.15) is 0 Å². The van der Waals surface area contributed by atoms with Crippen molar-refractivity contribution >= 4 is 6.03 Å². The predicted octanol–water partition coefficient (Wildman–Crippen LogP) is 3.17. The molecule has 4 heteroatoms. The maximum absolute atomic E-state index is 12.4. The third-order valence-electron chi connectivity index (χ3n) is 4.03. The zero-order valence-corrected chi connectivity index (χ0v) is 12.6. The van der Waals surface area contributed by atoms with Gasteiger partial charge in [0.2, 0.25) is 0 Å². The largest absolute Gasteiger partial charge is 0.331 e. The monoisotopic (exact) mass is 295 g/mol. The zero-order chi connectivity index (χ0) is 15.2. The number of nitrogens with zero attached hydrogens (tertiary/aromatic N) is 2. The quantitative estimate of drug-likeness (QED) is 0.941. The number of hydrogen-bond donors (Lipinski definition) is 1. The second kappa shape index (κ2) is 7.07. The minimum Gasteiger partial charge on any atom is -0.331 e. The Morgan fingerprint density at radius 1 is 1.09 bits per heavy atom. The van der Waals surface area contributed by atoms with Crippen LogP contribution in [0.3, 0.4) is 0 Å². The number of aromatic nitrogens is 1. The molecule has 1 aromatic carbocycles. The minimum absolute atomic E-state index is 0.0299. The SMILES string of the molecule is O=C(N[C@@H](Cc1ccccn1)c1ccccc1)N1CCCC1. The van der Waals surface area contributed by atoms with E-state index in [4.69, 9.17) is 0 Å². The van der Waals surface area contributed by atoms with E-state index >= 15 is 0 Å². The number of rotatable bonds is 4. The molecule has 3 rings (SSSR count). The van der Waals surface area contributed by atoms with E-state index in [0.29, 0.717) is 6.42 Å². The average molecular weight is 295 g/mol. The molecule has 1 aromatic heterocycles. The van der Waals surface area contributed by atoms with Crippen molar-refractivity contribution < 1.29 is 4.79 Å². The summed E-state index contributed by atoms with van der Waals surface area (Å²) in [7, 11) is 0. The molecule has 2 heterocycles. The molecular weight excluding hydrogens is 274 g/mol. The lowest BCUT2D eigenvalue weighted by Crippen LogP contribution is -2.40. The molecule has 1 N–H and O–H groups in total. The molecule has 0 aliphatic carbocycles. The summed E-state index contributed by atoms with van der Waals surface area (Å²) in [6.07, 6.45) is 4.69. The van der Waals surface area contributed by atoms with E-state index in [2.05, 4.69) is 22.4 Å². The summed E-state index contributed by atoms with van der Waals surface area (Å²) in [6.45, 7) is 1.72. The van der Waals surface area contributed by atoms with E-state index in [9.17, 15) is 4.79 Å². The zero-order valence-electron chi connectivity index (χ0n) is 12.6. The molecule has 2 amide bonds. The van der Waals surface area contributed by atoms with Gasteiger partial charge in [-0.05, 0) is 30.5 Å². The topological polar surface area (TPSA) is 45.2 Å². The number of amides is 2. The Morgan fingerprint density at radius 2 is 1.82 bits per heavy atom. The van der Waals surface area contributed by atoms with Gasteiger partial charge >= 0.3 is 6.03 Å². The van der Waals surface area contributed by atoms with Gasteiger partial charge in [0.25, 0.3) is 0 Å². The molecule has 0 bridgehead atoms. The van der Waals surface area contributed by atoms with Crippen molar-refractivity contribution in [3.63, 3.8) is 0 Å². The van der Waals surface area contributed by atoms with Crippen molar-refractivity contribution in [3.05, 3.63) is 66.0 Å². The Balaban J connectivity index is 1.75. The summed E-state index contributed by atoms with van der Waals surface area (Å²) >= 11 is 0. The predicted molar refractivity (Wildman–Crippen MR) is 86.5 cm³/mol. The van der Waals surface area contributed by atoms with Crippen LogP contribution >= 0.6 is 0 Å². The number of urea groups is 1. The fourth-order valence-corrected chi connectivity index (χ4v) is 2.83. The molecule has 1 saturated heterocycles. The summed E-state index contributed by atoms with van der Waals surface area (Å²) in [4.78, 5) is 18.7. The van der Waals surface area contributed by atoms with Crippen LogP contribution in [0.4, 0.5) is 4.79 Å². The van der Waals surface area contributed by atoms with Crippen molar-refractivity contribution in [2.75, 3.05) is 13.1 Å². The van der Waals surface area contributed by atoms with Crippen LogP contribution in [0.15, 0.2) is 54.7 Å². The smallest absolute Gasteiger partial charge is 0.317 e. The van der Waals surface area contributed by atoms with Crippen molar-refractivity contribution in [2.45, 2.75) is 25.3 Å². The summed E-state index contributed by atoms with van der Waals surface area (Å²) < 4.78 is 0. The number of carbonyl (C=O) groups is 1. The van der Waals surface area contributed by atoms with Gasteiger partial charge in [-0.15, -0.1) is 0 Å². The highest BCUT2D eigenvalue weighted by molar-refractivity contribution is 5.75. The highest BCUT2D eigenvalue weighted by atomic mass is 16.2. The Morgan fingerprint density at radius 3 is 2.50 bits per heavy atom. The van der Waals surface area contributed by atoms with Gasteiger partial charge in [0.15, 0.2) is 0 Å². The Hall–Kier alpha value is -2.36. The van der Waals surface area contributed by atoms with Crippen molar-refractivity contribution in [1.29, 1.82) is 0 Å². The minimum atomic E-state index is -0.0517. The van der Waals surface area contributed by atoms with Gasteiger partial charge in [0.05, 0.1) is 6.04 Å². The molecule has 0 unspecified atom stereocenters. The van der Waals surface area contributed by atoms with E-state index in [0.717, 1.165) is 37.2 Å². The molecule has 1 fully saturated rings. The lowest BCUT2D eigenvalue weighted by atomic mass is 10.0. The molecule has 0 saturated carbocycles. The first kappa shape index (κ1) is 14.6. The molecule has 4 nitrogen and oxygen atoms in total. The molecule has 2 aromatic rings. The standard InChI is InChI=1S/C18H21N3O/c22-18(21-12-6-7-13-21)20-17(15-8-2-1-3-9-15)14-16-10-4-5-11-19-16/h1-5,8-11,17H,6-7,12-14H2,(H,20,22)/t17-/m0/s1. The van der Waals surface area contributed by atoms with Gasteiger partial charge in [0, 0.05) is 31.4 Å². The van der Waals surface area contributed by atoms with Crippen LogP contribution in [-0.2, 0) is 6.42 Å². The molecule has 114 valence electrons. The molecular formula is C18H21N3O. The Kier molecular flexibility index (Phi) is 4.68. The molecule has 1 aliphatic heterocycles. The van der Waals surface area contributed by atoms with Gasteiger partial charge < -0.3 is 10.2 Å². The first-order valence-corrected chi connectivity index (χ1v) is 7.83. The normalized spacial score (nSPS) is 15.5. The van der Waals surface area contributed by atoms with Crippen molar-refractivity contribution in [3.8, 4) is 0 Å². The average Bonchev–Trinajstić information content (AvgIpc) is 3.11. The van der Waals surface area contributed by atoms with Crippen LogP contribution in [0.2, 0.25) is 0 Å². The van der Waals surface area contributed by atoms with Crippen LogP contribution < -0.4 is 5.32 Å². The van der Waals surface area contributed by atoms with Crippen LogP contribution in [-0.4, -0.2) is 29.0 Å². The van der Waals surface area contributed by atoms with E-state index in [1.54, 1.807) is 6.20 Å². The van der Waals surface area contributed by atoms with Crippen LogP contribution in [0.5, 0.6) is 0 Å². The molecule has 1 aliphatic rings. The number of hydrogen-bond acceptors (Lipinski definition) is 2. The van der Waals surface area contributed by atoms with Gasteiger partial charge in [-0.2, -0.15) is 0 Å². The number of nitrogens with one attached hydrogen (secondary N) is 1. The van der Waals surface area contributed by atoms with Crippen LogP contribution in [0.25, 0.3) is 0 Å². The maximum Gasteiger partial charge on any atom is 0.317 e. The first-order chi connectivity index (χ1) is 10.8. The highest BCUT2D eigenvalue weighted by Gasteiger charge is 2.22. The van der Waals surface area contributed by atoms with Crippen molar-refractivity contribution in [2.24, 2.45) is 0 Å². The van der Waals surface area contributed by atoms with Crippen LogP contribution in [0, 0.1) is 0 Å². The number of benzene rings is 1. The van der Waals surface area contributed by atoms with Crippen LogP contribution in [0.1, 0.15) is 30.1 Å². The van der Waals surface area contributed by atoms with E-state index in [1.165, 1.54) is 0 Å². The van der Waals surface area contributed by atoms with Crippen molar-refractivity contribution in [1.82, 2.24) is 15.2 Å². The maximum atomic E-state index is 12.4. The number of carbonyl (C=O) groups excluding carboxylic acids is 1. The third-order valence-corrected chi connectivity index (χ3v) is 4.03. The lowest BCUT2D eigenvalue weighted by molar-refractivity contribution is 0.204. The highest BCUT2D eigenvalue weighted by Crippen LogP contribution is 2.18. The number of pyridine rings is 1. The lowest BCUT2D eigenvalue weighted by Gasteiger charge is -2.23. The summed E-state index contributed by atoms with van der Waals surface area (Å²) in [5.41, 5.74) is 2.10. The summed E-state index contributed by atoms with van der Waals surface area (Å²) in [5, 5.41) is 3.17. The first-order valence-electron chi connectivity index (χ1n) is 7.83. The number of likely N-dealkylation sites (tertiary alicyclic amines) is 1. The molecule has 1 atom stereocenters. The van der Waals surface area contributed by atoms with E-state index < -0.39 is 0 Å². The van der Waals surface area contributed by atoms with Gasteiger partial charge in [-0.25, -0.2) is 4.79 Å². The van der Waals surface area contributed by atoms with E-state index in [1.807, 2.05) is 41.3 Å². The van der Waals surface area contributed by atoms with Gasteiger partial charge in [-0.1, -0.05) is 36.4 Å². The second-order valence-electron chi connectivity index (χ2n) is 5.63. The molecule has 0 radical (unpaired) electrons. The fraction of sp³-hybridized carbons (Fsp3) is 0.333. The Labute approximate surface area is 131 Å². The summed E-state index contributed by atoms with van der Waals surface area (Å²) in [5.74, 6) is 0.